The summed E-state index contributed by atoms with van der Waals surface area (Å²) in [5, 5.41) is 0. The molecule has 1 aromatic rings. The van der Waals surface area contributed by atoms with Crippen molar-refractivity contribution in [1.82, 2.24) is 0 Å². The van der Waals surface area contributed by atoms with Gasteiger partial charge in [0.25, 0.3) is 0 Å². The summed E-state index contributed by atoms with van der Waals surface area (Å²) < 4.78 is 9.89. The summed E-state index contributed by atoms with van der Waals surface area (Å²) in [7, 11) is 2.68. The van der Waals surface area contributed by atoms with Crippen LogP contribution in [0.5, 0.6) is 0 Å². The maximum Gasteiger partial charge on any atom is 0.339 e. The molecule has 1 rings (SSSR count). The molecule has 0 amide bonds. The van der Waals surface area contributed by atoms with Crippen molar-refractivity contribution in [3.05, 3.63) is 33.8 Å². The zero-order chi connectivity index (χ0) is 12.8. The van der Waals surface area contributed by atoms with Crippen LogP contribution in [0.25, 0.3) is 0 Å². The molecule has 0 radical (unpaired) electrons. The molecule has 0 saturated carbocycles. The summed E-state index contributed by atoms with van der Waals surface area (Å²) >= 11 is 3.34. The Hall–Kier alpha value is -1.36. The molecule has 0 N–H and O–H groups in total. The van der Waals surface area contributed by atoms with Crippen molar-refractivity contribution in [3.63, 3.8) is 0 Å². The van der Waals surface area contributed by atoms with Gasteiger partial charge in [0, 0.05) is 10.9 Å². The second kappa shape index (κ2) is 6.39. The second-order valence-corrected chi connectivity index (χ2v) is 4.14. The number of halogens is 1. The van der Waals surface area contributed by atoms with Gasteiger partial charge in [0.05, 0.1) is 19.8 Å². The first-order valence-electron chi connectivity index (χ1n) is 5.02. The Morgan fingerprint density at radius 2 is 1.94 bits per heavy atom. The predicted octanol–water partition coefficient (Wildman–Crippen LogP) is 2.34. The van der Waals surface area contributed by atoms with Crippen molar-refractivity contribution in [3.8, 4) is 0 Å². The fourth-order valence-electron chi connectivity index (χ4n) is 1.38. The third-order valence-corrected chi connectivity index (χ3v) is 3.25. The smallest absolute Gasteiger partial charge is 0.339 e. The highest BCUT2D eigenvalue weighted by atomic mass is 79.9. The SMILES string of the molecule is COC(=O)CCc1cccc(C(=O)OC)c1Br. The van der Waals surface area contributed by atoms with E-state index in [1.54, 1.807) is 12.1 Å². The number of esters is 2. The molecule has 0 fully saturated rings. The van der Waals surface area contributed by atoms with Gasteiger partial charge in [0.2, 0.25) is 0 Å². The van der Waals surface area contributed by atoms with Crippen LogP contribution in [-0.2, 0) is 20.7 Å². The van der Waals surface area contributed by atoms with E-state index in [0.717, 1.165) is 5.56 Å². The molecule has 92 valence electrons. The van der Waals surface area contributed by atoms with Crippen LogP contribution in [0, 0.1) is 0 Å². The van der Waals surface area contributed by atoms with Gasteiger partial charge < -0.3 is 9.47 Å². The monoisotopic (exact) mass is 300 g/mol. The van der Waals surface area contributed by atoms with Crippen molar-refractivity contribution in [2.45, 2.75) is 12.8 Å². The Labute approximate surface area is 108 Å². The number of hydrogen-bond acceptors (Lipinski definition) is 4. The summed E-state index contributed by atoms with van der Waals surface area (Å²) in [6, 6.07) is 5.26. The van der Waals surface area contributed by atoms with Gasteiger partial charge in [-0.3, -0.25) is 4.79 Å². The predicted molar refractivity (Wildman–Crippen MR) is 65.8 cm³/mol. The Morgan fingerprint density at radius 3 is 2.53 bits per heavy atom. The lowest BCUT2D eigenvalue weighted by Crippen LogP contribution is -2.06. The molecular formula is C12H13BrO4. The second-order valence-electron chi connectivity index (χ2n) is 3.35. The molecule has 4 nitrogen and oxygen atoms in total. The third kappa shape index (κ3) is 3.56. The maximum atomic E-state index is 11.4. The lowest BCUT2D eigenvalue weighted by Gasteiger charge is -2.07. The number of methoxy groups -OCH3 is 2. The summed E-state index contributed by atoms with van der Waals surface area (Å²) in [5.74, 6) is -0.683. The fraction of sp³-hybridized carbons (Fsp3) is 0.333. The number of aryl methyl sites for hydroxylation is 1. The number of rotatable bonds is 4. The molecule has 0 aromatic heterocycles. The van der Waals surface area contributed by atoms with E-state index >= 15 is 0 Å². The molecule has 0 aliphatic carbocycles. The summed E-state index contributed by atoms with van der Waals surface area (Å²) in [6.07, 6.45) is 0.790. The Bertz CT molecular complexity index is 429. The van der Waals surface area contributed by atoms with Crippen LogP contribution in [0.1, 0.15) is 22.3 Å². The Kier molecular flexibility index (Phi) is 5.15. The van der Waals surface area contributed by atoms with Crippen LogP contribution < -0.4 is 0 Å². The molecule has 0 saturated heterocycles. The molecular weight excluding hydrogens is 288 g/mol. The average Bonchev–Trinajstić information content (AvgIpc) is 2.36. The van der Waals surface area contributed by atoms with Crippen molar-refractivity contribution < 1.29 is 19.1 Å². The van der Waals surface area contributed by atoms with Gasteiger partial charge in [-0.1, -0.05) is 12.1 Å². The van der Waals surface area contributed by atoms with Gasteiger partial charge in [-0.2, -0.15) is 0 Å². The van der Waals surface area contributed by atoms with E-state index in [9.17, 15) is 9.59 Å². The number of ether oxygens (including phenoxy) is 2. The highest BCUT2D eigenvalue weighted by molar-refractivity contribution is 9.10. The minimum Gasteiger partial charge on any atom is -0.469 e. The molecule has 0 atom stereocenters. The van der Waals surface area contributed by atoms with Crippen molar-refractivity contribution >= 4 is 27.9 Å². The normalized spacial score (nSPS) is 9.82. The molecule has 5 heteroatoms. The van der Waals surface area contributed by atoms with Gasteiger partial charge in [-0.05, 0) is 34.0 Å². The molecule has 0 heterocycles. The zero-order valence-electron chi connectivity index (χ0n) is 9.66. The zero-order valence-corrected chi connectivity index (χ0v) is 11.2. The largest absolute Gasteiger partial charge is 0.469 e. The minimum atomic E-state index is -0.406. The molecule has 0 aliphatic heterocycles. The standard InChI is InChI=1S/C12H13BrO4/c1-16-10(14)7-6-8-4-3-5-9(11(8)13)12(15)17-2/h3-5H,6-7H2,1-2H3. The lowest BCUT2D eigenvalue weighted by atomic mass is 10.1. The van der Waals surface area contributed by atoms with Crippen molar-refractivity contribution in [2.24, 2.45) is 0 Å². The van der Waals surface area contributed by atoms with E-state index in [-0.39, 0.29) is 12.4 Å². The minimum absolute atomic E-state index is 0.277. The summed E-state index contributed by atoms with van der Waals surface area (Å²) in [6.45, 7) is 0. The Morgan fingerprint density at radius 1 is 1.24 bits per heavy atom. The number of carbonyl (C=O) groups excluding carboxylic acids is 2. The Balaban J connectivity index is 2.87. The van der Waals surface area contributed by atoms with Gasteiger partial charge in [-0.15, -0.1) is 0 Å². The highest BCUT2D eigenvalue weighted by Crippen LogP contribution is 2.23. The van der Waals surface area contributed by atoms with Gasteiger partial charge in [-0.25, -0.2) is 4.79 Å². The van der Waals surface area contributed by atoms with E-state index in [0.29, 0.717) is 16.5 Å². The van der Waals surface area contributed by atoms with Crippen LogP contribution in [0.2, 0.25) is 0 Å². The van der Waals surface area contributed by atoms with Crippen LogP contribution >= 0.6 is 15.9 Å². The fourth-order valence-corrected chi connectivity index (χ4v) is 2.00. The molecule has 0 unspecified atom stereocenters. The van der Waals surface area contributed by atoms with E-state index < -0.39 is 5.97 Å². The molecule has 0 spiro atoms. The molecule has 0 bridgehead atoms. The van der Waals surface area contributed by atoms with Crippen molar-refractivity contribution in [1.29, 1.82) is 0 Å². The first-order chi connectivity index (χ1) is 8.10. The topological polar surface area (TPSA) is 52.6 Å². The van der Waals surface area contributed by atoms with Crippen molar-refractivity contribution in [2.75, 3.05) is 14.2 Å². The van der Waals surface area contributed by atoms with Gasteiger partial charge in [0.1, 0.15) is 0 Å². The van der Waals surface area contributed by atoms with Gasteiger partial charge >= 0.3 is 11.9 Å². The van der Waals surface area contributed by atoms with Crippen LogP contribution in [0.15, 0.2) is 22.7 Å². The van der Waals surface area contributed by atoms with E-state index in [1.165, 1.54) is 14.2 Å². The van der Waals surface area contributed by atoms with E-state index in [4.69, 9.17) is 0 Å². The van der Waals surface area contributed by atoms with Crippen LogP contribution in [-0.4, -0.2) is 26.2 Å². The third-order valence-electron chi connectivity index (χ3n) is 2.31. The van der Waals surface area contributed by atoms with Gasteiger partial charge in [0.15, 0.2) is 0 Å². The first-order valence-corrected chi connectivity index (χ1v) is 5.82. The van der Waals surface area contributed by atoms with E-state index in [1.807, 2.05) is 6.07 Å². The molecule has 1 aromatic carbocycles. The number of hydrogen-bond donors (Lipinski definition) is 0. The highest BCUT2D eigenvalue weighted by Gasteiger charge is 2.13. The lowest BCUT2D eigenvalue weighted by molar-refractivity contribution is -0.140. The number of benzene rings is 1. The van der Waals surface area contributed by atoms with Crippen LogP contribution in [0.4, 0.5) is 0 Å². The number of carbonyl (C=O) groups is 2. The average molecular weight is 301 g/mol. The summed E-state index contributed by atoms with van der Waals surface area (Å²) in [4.78, 5) is 22.5. The van der Waals surface area contributed by atoms with E-state index in [2.05, 4.69) is 25.4 Å². The summed E-state index contributed by atoms with van der Waals surface area (Å²) in [5.41, 5.74) is 1.33. The molecule has 0 aliphatic rings. The quantitative estimate of drug-likeness (QED) is 0.801. The maximum absolute atomic E-state index is 11.4. The van der Waals surface area contributed by atoms with Crippen LogP contribution in [0.3, 0.4) is 0 Å². The molecule has 17 heavy (non-hydrogen) atoms. The first kappa shape index (κ1) is 13.7.